The number of hydrogen-bond acceptors (Lipinski definition) is 8. The van der Waals surface area contributed by atoms with Gasteiger partial charge in [-0.15, -0.1) is 11.8 Å². The molecule has 1 fully saturated rings. The first-order chi connectivity index (χ1) is 20.2. The molecule has 3 heterocycles. The smallest absolute Gasteiger partial charge is 0.408 e. The number of esters is 1. The Kier molecular flexibility index (Phi) is 9.03. The third kappa shape index (κ3) is 6.88. The number of carbonyl (C=O) groups excluding carboxylic acids is 3. The number of alkyl carbamates (subject to hydrolysis) is 1. The van der Waals surface area contributed by atoms with Gasteiger partial charge in [-0.25, -0.2) is 9.59 Å². The van der Waals surface area contributed by atoms with Gasteiger partial charge in [0.1, 0.15) is 22.7 Å². The normalized spacial score (nSPS) is 18.5. The van der Waals surface area contributed by atoms with Gasteiger partial charge in [-0.3, -0.25) is 14.7 Å². The van der Waals surface area contributed by atoms with Gasteiger partial charge in [-0.1, -0.05) is 72.4 Å². The number of fused-ring (bicyclic) bond motifs is 1. The number of thioether (sulfide) groups is 2. The van der Waals surface area contributed by atoms with Crippen molar-refractivity contribution in [1.82, 2.24) is 15.2 Å². The molecule has 8 nitrogen and oxygen atoms in total. The van der Waals surface area contributed by atoms with Gasteiger partial charge in [0.15, 0.2) is 6.10 Å². The zero-order chi connectivity index (χ0) is 29.7. The van der Waals surface area contributed by atoms with Crippen molar-refractivity contribution >= 4 is 41.5 Å². The summed E-state index contributed by atoms with van der Waals surface area (Å²) in [6.07, 6.45) is 3.91. The van der Waals surface area contributed by atoms with Gasteiger partial charge in [0.25, 0.3) is 5.91 Å². The van der Waals surface area contributed by atoms with Crippen LogP contribution in [0, 0.1) is 0 Å². The van der Waals surface area contributed by atoms with E-state index in [2.05, 4.69) is 10.3 Å². The number of ether oxygens (including phenoxy) is 2. The topological polar surface area (TPSA) is 97.8 Å². The fourth-order valence-corrected chi connectivity index (χ4v) is 6.54. The molecule has 0 aliphatic carbocycles. The summed E-state index contributed by atoms with van der Waals surface area (Å²) in [7, 11) is 0. The van der Waals surface area contributed by atoms with Gasteiger partial charge in [0, 0.05) is 23.0 Å². The van der Waals surface area contributed by atoms with Crippen molar-refractivity contribution in [2.45, 2.75) is 48.8 Å². The highest BCUT2D eigenvalue weighted by Crippen LogP contribution is 2.42. The van der Waals surface area contributed by atoms with Gasteiger partial charge >= 0.3 is 12.1 Å². The summed E-state index contributed by atoms with van der Waals surface area (Å²) in [5.74, 6) is -0.565. The maximum absolute atomic E-state index is 14.0. The molecule has 0 unspecified atom stereocenters. The van der Waals surface area contributed by atoms with Crippen molar-refractivity contribution in [3.8, 4) is 0 Å². The second-order valence-electron chi connectivity index (χ2n) is 10.6. The lowest BCUT2D eigenvalue weighted by Gasteiger charge is -2.49. The number of pyridine rings is 1. The number of allylic oxidation sites excluding steroid dienone is 1. The predicted octanol–water partition coefficient (Wildman–Crippen LogP) is 6.08. The molecule has 0 radical (unpaired) electrons. The molecule has 1 aromatic heterocycles. The van der Waals surface area contributed by atoms with Gasteiger partial charge < -0.3 is 14.8 Å². The zero-order valence-electron chi connectivity index (χ0n) is 23.4. The number of β-lactam (4-membered cyclic amide) rings is 1. The average Bonchev–Trinajstić information content (AvgIpc) is 2.98. The number of hydrogen-bond donors (Lipinski definition) is 1. The number of aromatic nitrogens is 1. The van der Waals surface area contributed by atoms with Crippen LogP contribution >= 0.6 is 23.5 Å². The second-order valence-corrected chi connectivity index (χ2v) is 12.7. The van der Waals surface area contributed by atoms with Crippen LogP contribution in [0.25, 0.3) is 0 Å². The first-order valence-electron chi connectivity index (χ1n) is 13.4. The van der Waals surface area contributed by atoms with Crippen molar-refractivity contribution in [2.24, 2.45) is 0 Å². The quantitative estimate of drug-likeness (QED) is 0.188. The van der Waals surface area contributed by atoms with Crippen molar-refractivity contribution in [3.63, 3.8) is 0 Å². The van der Waals surface area contributed by atoms with Crippen LogP contribution in [0.1, 0.15) is 38.0 Å². The van der Waals surface area contributed by atoms with E-state index in [0.717, 1.165) is 16.0 Å². The molecule has 10 heteroatoms. The highest BCUT2D eigenvalue weighted by Gasteiger charge is 2.54. The maximum Gasteiger partial charge on any atom is 0.408 e. The third-order valence-electron chi connectivity index (χ3n) is 6.42. The van der Waals surface area contributed by atoms with Crippen LogP contribution in [0.5, 0.6) is 0 Å². The van der Waals surface area contributed by atoms with E-state index in [1.807, 2.05) is 84.3 Å². The number of amides is 2. The van der Waals surface area contributed by atoms with E-state index in [1.165, 1.54) is 28.4 Å². The summed E-state index contributed by atoms with van der Waals surface area (Å²) >= 11 is 2.95. The highest BCUT2D eigenvalue weighted by molar-refractivity contribution is 8.02. The van der Waals surface area contributed by atoms with E-state index < -0.39 is 41.1 Å². The molecule has 2 atom stereocenters. The highest BCUT2D eigenvalue weighted by atomic mass is 32.2. The van der Waals surface area contributed by atoms with E-state index in [9.17, 15) is 14.4 Å². The van der Waals surface area contributed by atoms with Crippen LogP contribution in [0.2, 0.25) is 0 Å². The molecule has 2 aliphatic heterocycles. The molecule has 2 amide bonds. The molecule has 1 saturated heterocycles. The second kappa shape index (κ2) is 12.9. The molecule has 0 spiro atoms. The van der Waals surface area contributed by atoms with E-state index in [0.29, 0.717) is 11.3 Å². The Morgan fingerprint density at radius 3 is 2.24 bits per heavy atom. The summed E-state index contributed by atoms with van der Waals surface area (Å²) in [6.45, 7) is 5.27. The van der Waals surface area contributed by atoms with Crippen LogP contribution < -0.4 is 5.32 Å². The monoisotopic (exact) mass is 601 g/mol. The summed E-state index contributed by atoms with van der Waals surface area (Å²) in [6, 6.07) is 21.9. The Balaban J connectivity index is 1.44. The van der Waals surface area contributed by atoms with Crippen LogP contribution in [0.15, 0.2) is 113 Å². The summed E-state index contributed by atoms with van der Waals surface area (Å²) in [5, 5.41) is 4.09. The Labute approximate surface area is 253 Å². The largest absolute Gasteiger partial charge is 0.448 e. The van der Waals surface area contributed by atoms with Gasteiger partial charge in [0.05, 0.1) is 0 Å². The van der Waals surface area contributed by atoms with Crippen molar-refractivity contribution in [3.05, 3.63) is 119 Å². The Hall–Kier alpha value is -4.02. The van der Waals surface area contributed by atoms with Crippen molar-refractivity contribution in [1.29, 1.82) is 0 Å². The standard InChI is InChI=1S/C32H31N3O5S2/c1-32(2,3)40-31(38)34-25-28(36)35-26(23(20-42-29(25)35)16-19-41-24-14-17-33-18-15-24)30(37)39-27(21-10-6-4-7-11-21)22-12-8-5-9-13-22/h4-19,25,27,29H,20H2,1-3H3,(H,34,38)/b19-16+/t25-,29+/m1/s1. The lowest BCUT2D eigenvalue weighted by molar-refractivity contribution is -0.153. The Bertz CT molecular complexity index is 1450. The van der Waals surface area contributed by atoms with Crippen molar-refractivity contribution in [2.75, 3.05) is 5.75 Å². The van der Waals surface area contributed by atoms with E-state index in [4.69, 9.17) is 9.47 Å². The van der Waals surface area contributed by atoms with Crippen molar-refractivity contribution < 1.29 is 23.9 Å². The van der Waals surface area contributed by atoms with Crippen LogP contribution in [-0.2, 0) is 19.1 Å². The number of nitrogens with zero attached hydrogens (tertiary/aromatic N) is 2. The lowest BCUT2D eigenvalue weighted by Crippen LogP contribution is -2.70. The maximum atomic E-state index is 14.0. The van der Waals surface area contributed by atoms with E-state index >= 15 is 0 Å². The summed E-state index contributed by atoms with van der Waals surface area (Å²) < 4.78 is 11.5. The fraction of sp³-hybridized carbons (Fsp3) is 0.250. The summed E-state index contributed by atoms with van der Waals surface area (Å²) in [5.41, 5.74) is 1.74. The molecular weight excluding hydrogens is 571 g/mol. The number of benzene rings is 2. The lowest BCUT2D eigenvalue weighted by atomic mass is 10.0. The van der Waals surface area contributed by atoms with Crippen LogP contribution in [0.4, 0.5) is 4.79 Å². The van der Waals surface area contributed by atoms with Crippen LogP contribution in [-0.4, -0.2) is 50.6 Å². The molecule has 1 N–H and O–H groups in total. The van der Waals surface area contributed by atoms with Gasteiger partial charge in [0.2, 0.25) is 0 Å². The van der Waals surface area contributed by atoms with Gasteiger partial charge in [-0.2, -0.15) is 0 Å². The zero-order valence-corrected chi connectivity index (χ0v) is 25.1. The first kappa shape index (κ1) is 29.5. The minimum atomic E-state index is -0.816. The molecule has 3 aromatic rings. The molecular formula is C32H31N3O5S2. The van der Waals surface area contributed by atoms with E-state index in [1.54, 1.807) is 33.2 Å². The molecule has 42 heavy (non-hydrogen) atoms. The van der Waals surface area contributed by atoms with Gasteiger partial charge in [-0.05, 0) is 61.1 Å². The van der Waals surface area contributed by atoms with E-state index in [-0.39, 0.29) is 5.70 Å². The SMILES string of the molecule is CC(C)(C)OC(=O)N[C@@H]1C(=O)N2C(C(=O)OC(c3ccccc3)c3ccccc3)=C(/C=C/Sc3ccncc3)CS[C@@H]12. The third-order valence-corrected chi connectivity index (χ3v) is 8.53. The average molecular weight is 602 g/mol. The molecule has 0 saturated carbocycles. The fourth-order valence-electron chi connectivity index (χ4n) is 4.55. The predicted molar refractivity (Wildman–Crippen MR) is 163 cm³/mol. The molecule has 2 aliphatic rings. The number of rotatable bonds is 8. The minimum absolute atomic E-state index is 0.175. The molecule has 2 aromatic carbocycles. The Morgan fingerprint density at radius 1 is 1.02 bits per heavy atom. The number of nitrogens with one attached hydrogen (secondary N) is 1. The minimum Gasteiger partial charge on any atom is -0.448 e. The number of carbonyl (C=O) groups is 3. The Morgan fingerprint density at radius 2 is 1.64 bits per heavy atom. The molecule has 5 rings (SSSR count). The summed E-state index contributed by atoms with van der Waals surface area (Å²) in [4.78, 5) is 46.4. The molecule has 216 valence electrons. The molecule has 0 bridgehead atoms. The van der Waals surface area contributed by atoms with Crippen LogP contribution in [0.3, 0.4) is 0 Å². The first-order valence-corrected chi connectivity index (χ1v) is 15.4.